The van der Waals surface area contributed by atoms with Crippen LogP contribution in [-0.4, -0.2) is 95.7 Å². The number of hydrogen-bond donors (Lipinski definition) is 2. The van der Waals surface area contributed by atoms with Crippen molar-refractivity contribution in [3.63, 3.8) is 0 Å². The zero-order valence-electron chi connectivity index (χ0n) is 21.0. The molecule has 0 bridgehead atoms. The molecule has 3 aliphatic heterocycles. The van der Waals surface area contributed by atoms with E-state index in [-0.39, 0.29) is 24.2 Å². The Balaban J connectivity index is 1.20. The molecule has 1 amide bonds. The maximum atomic E-state index is 14.7. The second-order valence-electron chi connectivity index (χ2n) is 10.3. The molecule has 200 valence electrons. The maximum Gasteiger partial charge on any atom is 0.257 e. The van der Waals surface area contributed by atoms with Crippen molar-refractivity contribution in [3.8, 4) is 0 Å². The highest BCUT2D eigenvalue weighted by Gasteiger charge is 2.36. The lowest BCUT2D eigenvalue weighted by atomic mass is 9.94. The number of aliphatic hydroxyl groups is 1. The van der Waals surface area contributed by atoms with E-state index in [9.17, 15) is 22.7 Å². The molecule has 1 aromatic heterocycles. The van der Waals surface area contributed by atoms with Crippen LogP contribution in [0.1, 0.15) is 40.7 Å². The molecule has 0 saturated carbocycles. The number of halogens is 1. The first-order chi connectivity index (χ1) is 17.7. The number of hydrogen-bond acceptors (Lipinski definition) is 7. The molecule has 5 rings (SSSR count). The molecule has 2 atom stereocenters. The molecule has 0 unspecified atom stereocenters. The van der Waals surface area contributed by atoms with Crippen LogP contribution in [0.15, 0.2) is 36.5 Å². The molecule has 0 aliphatic carbocycles. The molecule has 2 aromatic rings. The Morgan fingerprint density at radius 1 is 1.11 bits per heavy atom. The van der Waals surface area contributed by atoms with Crippen LogP contribution >= 0.6 is 0 Å². The number of aliphatic hydroxyl groups excluding tert-OH is 1. The number of amides is 1. The standard InChI is InChI=1S/C26H34FN5O4S/c1-37(35,36)32-12-7-20(8-13-32)29-25-14-21(22(27)15-28-25)26(34)31-11-9-23(24(33)17-31)30-10-6-18-4-2-3-5-19(18)16-30/h2-5,14-15,20,23-24,33H,6-13,16-17H2,1H3,(H,28,29)/t23-,24-/m0/s1. The largest absolute Gasteiger partial charge is 0.390 e. The molecule has 0 radical (unpaired) electrons. The van der Waals surface area contributed by atoms with E-state index in [0.717, 1.165) is 25.7 Å². The smallest absolute Gasteiger partial charge is 0.257 e. The van der Waals surface area contributed by atoms with Gasteiger partial charge in [-0.25, -0.2) is 22.1 Å². The van der Waals surface area contributed by atoms with E-state index in [1.807, 2.05) is 12.1 Å². The van der Waals surface area contributed by atoms with Crippen LogP contribution < -0.4 is 5.32 Å². The number of likely N-dealkylation sites (tertiary alicyclic amines) is 1. The predicted octanol–water partition coefficient (Wildman–Crippen LogP) is 1.69. The van der Waals surface area contributed by atoms with Crippen molar-refractivity contribution < 1.29 is 22.7 Å². The fraction of sp³-hybridized carbons (Fsp3) is 0.538. The summed E-state index contributed by atoms with van der Waals surface area (Å²) in [4.78, 5) is 21.1. The normalized spacial score (nSPS) is 24.0. The number of benzene rings is 1. The lowest BCUT2D eigenvalue weighted by Crippen LogP contribution is -2.56. The van der Waals surface area contributed by atoms with E-state index in [0.29, 0.717) is 44.7 Å². The minimum absolute atomic E-state index is 0.0221. The van der Waals surface area contributed by atoms with E-state index < -0.39 is 27.9 Å². The number of pyridine rings is 1. The first kappa shape index (κ1) is 26.0. The van der Waals surface area contributed by atoms with Crippen molar-refractivity contribution in [2.75, 3.05) is 44.3 Å². The molecule has 2 fully saturated rings. The molecule has 11 heteroatoms. The van der Waals surface area contributed by atoms with Crippen LogP contribution in [0.4, 0.5) is 10.2 Å². The Bertz CT molecular complexity index is 1250. The third-order valence-electron chi connectivity index (χ3n) is 7.82. The molecular weight excluding hydrogens is 497 g/mol. The van der Waals surface area contributed by atoms with Gasteiger partial charge in [-0.2, -0.15) is 0 Å². The summed E-state index contributed by atoms with van der Waals surface area (Å²) in [7, 11) is -3.22. The predicted molar refractivity (Wildman–Crippen MR) is 138 cm³/mol. The molecule has 2 saturated heterocycles. The fourth-order valence-corrected chi connectivity index (χ4v) is 6.60. The Morgan fingerprint density at radius 2 is 1.84 bits per heavy atom. The Hall–Kier alpha value is -2.60. The van der Waals surface area contributed by atoms with Gasteiger partial charge in [0.15, 0.2) is 5.82 Å². The number of nitrogens with one attached hydrogen (secondary N) is 1. The zero-order valence-corrected chi connectivity index (χ0v) is 21.8. The minimum Gasteiger partial charge on any atom is -0.390 e. The van der Waals surface area contributed by atoms with Gasteiger partial charge in [-0.1, -0.05) is 24.3 Å². The van der Waals surface area contributed by atoms with E-state index in [1.165, 1.54) is 32.7 Å². The van der Waals surface area contributed by atoms with Crippen molar-refractivity contribution in [2.45, 2.75) is 50.4 Å². The van der Waals surface area contributed by atoms with Gasteiger partial charge in [0.25, 0.3) is 5.91 Å². The molecule has 4 heterocycles. The number of piperidine rings is 2. The van der Waals surface area contributed by atoms with Crippen LogP contribution in [0.3, 0.4) is 0 Å². The summed E-state index contributed by atoms with van der Waals surface area (Å²) < 4.78 is 39.6. The summed E-state index contributed by atoms with van der Waals surface area (Å²) in [6.07, 6.45) is 4.26. The summed E-state index contributed by atoms with van der Waals surface area (Å²) in [5.41, 5.74) is 2.54. The van der Waals surface area contributed by atoms with Gasteiger partial charge in [0.05, 0.1) is 24.1 Å². The van der Waals surface area contributed by atoms with E-state index in [1.54, 1.807) is 0 Å². The van der Waals surface area contributed by atoms with Crippen molar-refractivity contribution in [1.82, 2.24) is 19.1 Å². The summed E-state index contributed by atoms with van der Waals surface area (Å²) >= 11 is 0. The summed E-state index contributed by atoms with van der Waals surface area (Å²) in [5.74, 6) is -0.784. The summed E-state index contributed by atoms with van der Waals surface area (Å²) in [5, 5.41) is 14.2. The van der Waals surface area contributed by atoms with Crippen molar-refractivity contribution in [3.05, 3.63) is 59.0 Å². The average Bonchev–Trinajstić information content (AvgIpc) is 2.89. The lowest BCUT2D eigenvalue weighted by Gasteiger charge is -2.43. The van der Waals surface area contributed by atoms with Crippen molar-refractivity contribution in [1.29, 1.82) is 0 Å². The molecular formula is C26H34FN5O4S. The van der Waals surface area contributed by atoms with Crippen LogP contribution in [-0.2, 0) is 23.0 Å². The first-order valence-corrected chi connectivity index (χ1v) is 14.7. The van der Waals surface area contributed by atoms with Crippen LogP contribution in [0.25, 0.3) is 0 Å². The molecule has 3 aliphatic rings. The second kappa shape index (κ2) is 10.6. The number of sulfonamides is 1. The van der Waals surface area contributed by atoms with Crippen molar-refractivity contribution in [2.24, 2.45) is 0 Å². The van der Waals surface area contributed by atoms with Gasteiger partial charge < -0.3 is 15.3 Å². The number of aromatic nitrogens is 1. The van der Waals surface area contributed by atoms with E-state index in [2.05, 4.69) is 27.3 Å². The molecule has 37 heavy (non-hydrogen) atoms. The quantitative estimate of drug-likeness (QED) is 0.605. The molecule has 9 nitrogen and oxygen atoms in total. The third kappa shape index (κ3) is 5.79. The first-order valence-electron chi connectivity index (χ1n) is 12.8. The van der Waals surface area contributed by atoms with Crippen LogP contribution in [0.5, 0.6) is 0 Å². The van der Waals surface area contributed by atoms with Gasteiger partial charge in [0.2, 0.25) is 10.0 Å². The number of carbonyl (C=O) groups is 1. The molecule has 0 spiro atoms. The summed E-state index contributed by atoms with van der Waals surface area (Å²) in [6.45, 7) is 3.04. The number of β-amino-alcohol motifs (C(OH)–C–C–N with tert-alkyl or cyclic N) is 1. The van der Waals surface area contributed by atoms with Gasteiger partial charge in [0.1, 0.15) is 5.82 Å². The Labute approximate surface area is 217 Å². The van der Waals surface area contributed by atoms with Gasteiger partial charge in [-0.15, -0.1) is 0 Å². The van der Waals surface area contributed by atoms with Gasteiger partial charge in [-0.05, 0) is 42.9 Å². The number of nitrogens with zero attached hydrogens (tertiary/aromatic N) is 4. The van der Waals surface area contributed by atoms with Gasteiger partial charge >= 0.3 is 0 Å². The summed E-state index contributed by atoms with van der Waals surface area (Å²) in [6, 6.07) is 9.70. The highest BCUT2D eigenvalue weighted by atomic mass is 32.2. The number of carbonyl (C=O) groups excluding carboxylic acids is 1. The lowest BCUT2D eigenvalue weighted by molar-refractivity contribution is -0.0138. The highest BCUT2D eigenvalue weighted by molar-refractivity contribution is 7.88. The van der Waals surface area contributed by atoms with Gasteiger partial charge in [0, 0.05) is 51.4 Å². The Morgan fingerprint density at radius 3 is 2.54 bits per heavy atom. The van der Waals surface area contributed by atoms with Crippen molar-refractivity contribution >= 4 is 21.7 Å². The van der Waals surface area contributed by atoms with Crippen LogP contribution in [0.2, 0.25) is 0 Å². The zero-order chi connectivity index (χ0) is 26.2. The van der Waals surface area contributed by atoms with Gasteiger partial charge in [-0.3, -0.25) is 9.69 Å². The van der Waals surface area contributed by atoms with Crippen LogP contribution in [0, 0.1) is 5.82 Å². The highest BCUT2D eigenvalue weighted by Crippen LogP contribution is 2.27. The maximum absolute atomic E-state index is 14.7. The number of fused-ring (bicyclic) bond motifs is 1. The minimum atomic E-state index is -3.22. The number of anilines is 1. The fourth-order valence-electron chi connectivity index (χ4n) is 5.72. The van der Waals surface area contributed by atoms with E-state index >= 15 is 0 Å². The molecule has 1 aromatic carbocycles. The SMILES string of the molecule is CS(=O)(=O)N1CCC(Nc2cc(C(=O)N3CC[C@H](N4CCc5ccccc5C4)[C@@H](O)C3)c(F)cn2)CC1. The third-order valence-corrected chi connectivity index (χ3v) is 9.13. The molecule has 2 N–H and O–H groups in total. The average molecular weight is 532 g/mol. The Kier molecular flexibility index (Phi) is 7.49. The monoisotopic (exact) mass is 531 g/mol. The number of rotatable bonds is 5. The topological polar surface area (TPSA) is 106 Å². The van der Waals surface area contributed by atoms with E-state index in [4.69, 9.17) is 0 Å². The second-order valence-corrected chi connectivity index (χ2v) is 12.3.